The molecular formula is C20H30N2O3. The second kappa shape index (κ2) is 8.37. The lowest BCUT2D eigenvalue weighted by Gasteiger charge is -2.20. The fourth-order valence-corrected chi connectivity index (χ4v) is 3.34. The minimum atomic E-state index is -0.252. The number of nitrogens with zero attached hydrogens (tertiary/aromatic N) is 1. The van der Waals surface area contributed by atoms with Gasteiger partial charge in [-0.25, -0.2) is 0 Å². The average molecular weight is 346 g/mol. The van der Waals surface area contributed by atoms with Crippen molar-refractivity contribution >= 4 is 11.8 Å². The van der Waals surface area contributed by atoms with E-state index in [2.05, 4.69) is 19.2 Å². The van der Waals surface area contributed by atoms with Crippen LogP contribution in [-0.4, -0.2) is 43.5 Å². The molecule has 0 saturated carbocycles. The van der Waals surface area contributed by atoms with E-state index >= 15 is 0 Å². The largest absolute Gasteiger partial charge is 0.496 e. The van der Waals surface area contributed by atoms with E-state index in [4.69, 9.17) is 4.74 Å². The third-order valence-electron chi connectivity index (χ3n) is 4.69. The number of rotatable bonds is 6. The summed E-state index contributed by atoms with van der Waals surface area (Å²) in [5, 5.41) is 3.03. The smallest absolute Gasteiger partial charge is 0.225 e. The van der Waals surface area contributed by atoms with Crippen LogP contribution in [0.25, 0.3) is 0 Å². The topological polar surface area (TPSA) is 58.6 Å². The Bertz CT molecular complexity index is 613. The minimum Gasteiger partial charge on any atom is -0.496 e. The van der Waals surface area contributed by atoms with Gasteiger partial charge in [-0.15, -0.1) is 0 Å². The Hall–Kier alpha value is -2.04. The number of para-hydroxylation sites is 1. The standard InChI is InChI=1S/C20H30N2O3/c1-13(2)10-21-19(23)17-12-22(20(24)14(3)4)11-16(17)15-8-6-7-9-18(15)25-5/h6-9,13-14,16-17H,10-12H2,1-5H3,(H,21,23). The van der Waals surface area contributed by atoms with Crippen molar-refractivity contribution < 1.29 is 14.3 Å². The number of carbonyl (C=O) groups excluding carboxylic acids is 2. The van der Waals surface area contributed by atoms with Gasteiger partial charge in [-0.2, -0.15) is 0 Å². The number of nitrogens with one attached hydrogen (secondary N) is 1. The lowest BCUT2D eigenvalue weighted by Crippen LogP contribution is -2.37. The molecule has 1 aliphatic rings. The molecular weight excluding hydrogens is 316 g/mol. The summed E-state index contributed by atoms with van der Waals surface area (Å²) in [5.74, 6) is 0.902. The van der Waals surface area contributed by atoms with Gasteiger partial charge in [-0.3, -0.25) is 9.59 Å². The molecule has 5 heteroatoms. The van der Waals surface area contributed by atoms with Crippen LogP contribution in [-0.2, 0) is 9.59 Å². The van der Waals surface area contributed by atoms with Crippen molar-refractivity contribution in [2.24, 2.45) is 17.8 Å². The Labute approximate surface area is 150 Å². The number of benzene rings is 1. The van der Waals surface area contributed by atoms with Gasteiger partial charge in [0.1, 0.15) is 5.75 Å². The summed E-state index contributed by atoms with van der Waals surface area (Å²) in [6.07, 6.45) is 0. The molecule has 1 N–H and O–H groups in total. The second-order valence-electron chi connectivity index (χ2n) is 7.49. The molecule has 2 amide bonds. The van der Waals surface area contributed by atoms with Crippen molar-refractivity contribution in [3.05, 3.63) is 29.8 Å². The van der Waals surface area contributed by atoms with Gasteiger partial charge in [0.05, 0.1) is 13.0 Å². The summed E-state index contributed by atoms with van der Waals surface area (Å²) in [6, 6.07) is 7.77. The Kier molecular flexibility index (Phi) is 6.45. The van der Waals surface area contributed by atoms with Crippen LogP contribution in [0, 0.1) is 17.8 Å². The van der Waals surface area contributed by atoms with Crippen LogP contribution < -0.4 is 10.1 Å². The van der Waals surface area contributed by atoms with Crippen LogP contribution in [0.15, 0.2) is 24.3 Å². The monoisotopic (exact) mass is 346 g/mol. The van der Waals surface area contributed by atoms with Crippen molar-refractivity contribution in [2.45, 2.75) is 33.6 Å². The SMILES string of the molecule is COc1ccccc1C1CN(C(=O)C(C)C)CC1C(=O)NCC(C)C. The van der Waals surface area contributed by atoms with Crippen molar-refractivity contribution in [2.75, 3.05) is 26.7 Å². The summed E-state index contributed by atoms with van der Waals surface area (Å²) < 4.78 is 5.49. The zero-order chi connectivity index (χ0) is 18.6. The van der Waals surface area contributed by atoms with E-state index < -0.39 is 0 Å². The molecule has 0 aliphatic carbocycles. The first kappa shape index (κ1) is 19.3. The molecule has 138 valence electrons. The first-order valence-electron chi connectivity index (χ1n) is 9.04. The quantitative estimate of drug-likeness (QED) is 0.861. The van der Waals surface area contributed by atoms with Gasteiger partial charge in [-0.05, 0) is 17.5 Å². The molecule has 1 aliphatic heterocycles. The number of amides is 2. The van der Waals surface area contributed by atoms with E-state index in [1.54, 1.807) is 7.11 Å². The van der Waals surface area contributed by atoms with Crippen molar-refractivity contribution in [1.29, 1.82) is 0 Å². The van der Waals surface area contributed by atoms with E-state index in [1.165, 1.54) is 0 Å². The van der Waals surface area contributed by atoms with Crippen LogP contribution in [0.2, 0.25) is 0 Å². The number of likely N-dealkylation sites (tertiary alicyclic amines) is 1. The highest BCUT2D eigenvalue weighted by molar-refractivity contribution is 5.84. The molecule has 1 heterocycles. The Morgan fingerprint density at radius 2 is 1.88 bits per heavy atom. The van der Waals surface area contributed by atoms with Gasteiger partial charge >= 0.3 is 0 Å². The lowest BCUT2D eigenvalue weighted by molar-refractivity contribution is -0.133. The van der Waals surface area contributed by atoms with Crippen molar-refractivity contribution in [3.8, 4) is 5.75 Å². The summed E-state index contributed by atoms with van der Waals surface area (Å²) in [5.41, 5.74) is 0.994. The van der Waals surface area contributed by atoms with Gasteiger partial charge in [0.25, 0.3) is 0 Å². The van der Waals surface area contributed by atoms with Crippen molar-refractivity contribution in [1.82, 2.24) is 10.2 Å². The number of hydrogen-bond acceptors (Lipinski definition) is 3. The van der Waals surface area contributed by atoms with E-state index in [0.717, 1.165) is 11.3 Å². The van der Waals surface area contributed by atoms with Crippen LogP contribution >= 0.6 is 0 Å². The number of carbonyl (C=O) groups is 2. The molecule has 2 rings (SSSR count). The van der Waals surface area contributed by atoms with E-state index in [-0.39, 0.29) is 29.6 Å². The number of hydrogen-bond donors (Lipinski definition) is 1. The average Bonchev–Trinajstić information content (AvgIpc) is 3.03. The summed E-state index contributed by atoms with van der Waals surface area (Å²) in [7, 11) is 1.64. The van der Waals surface area contributed by atoms with Crippen LogP contribution in [0.3, 0.4) is 0 Å². The van der Waals surface area contributed by atoms with Gasteiger partial charge in [0.15, 0.2) is 0 Å². The first-order chi connectivity index (χ1) is 11.8. The van der Waals surface area contributed by atoms with E-state index in [0.29, 0.717) is 25.6 Å². The zero-order valence-electron chi connectivity index (χ0n) is 15.9. The third kappa shape index (κ3) is 4.53. The predicted octanol–water partition coefficient (Wildman–Crippen LogP) is 2.67. The maximum Gasteiger partial charge on any atom is 0.225 e. The molecule has 1 saturated heterocycles. The molecule has 2 atom stereocenters. The molecule has 1 fully saturated rings. The normalized spacial score (nSPS) is 20.2. The molecule has 1 aromatic rings. The summed E-state index contributed by atoms with van der Waals surface area (Å²) >= 11 is 0. The van der Waals surface area contributed by atoms with Crippen LogP contribution in [0.5, 0.6) is 5.75 Å². The highest BCUT2D eigenvalue weighted by atomic mass is 16.5. The molecule has 5 nitrogen and oxygen atoms in total. The predicted molar refractivity (Wildman–Crippen MR) is 98.5 cm³/mol. The van der Waals surface area contributed by atoms with Crippen LogP contribution in [0.4, 0.5) is 0 Å². The van der Waals surface area contributed by atoms with Gasteiger partial charge < -0.3 is 15.0 Å². The zero-order valence-corrected chi connectivity index (χ0v) is 15.9. The van der Waals surface area contributed by atoms with E-state index in [9.17, 15) is 9.59 Å². The highest BCUT2D eigenvalue weighted by Gasteiger charge is 2.41. The molecule has 1 aromatic carbocycles. The number of methoxy groups -OCH3 is 1. The van der Waals surface area contributed by atoms with Crippen LogP contribution in [0.1, 0.15) is 39.2 Å². The number of ether oxygens (including phenoxy) is 1. The molecule has 0 spiro atoms. The minimum absolute atomic E-state index is 0.0173. The fraction of sp³-hybridized carbons (Fsp3) is 0.600. The molecule has 2 unspecified atom stereocenters. The van der Waals surface area contributed by atoms with Gasteiger partial charge in [0, 0.05) is 31.5 Å². The Balaban J connectivity index is 2.28. The maximum absolute atomic E-state index is 12.8. The second-order valence-corrected chi connectivity index (χ2v) is 7.49. The van der Waals surface area contributed by atoms with Gasteiger partial charge in [0.2, 0.25) is 11.8 Å². The van der Waals surface area contributed by atoms with E-state index in [1.807, 2.05) is 43.0 Å². The molecule has 0 bridgehead atoms. The third-order valence-corrected chi connectivity index (χ3v) is 4.69. The summed E-state index contributed by atoms with van der Waals surface area (Å²) in [4.78, 5) is 27.1. The first-order valence-corrected chi connectivity index (χ1v) is 9.04. The molecule has 0 aromatic heterocycles. The Morgan fingerprint density at radius 1 is 1.20 bits per heavy atom. The highest BCUT2D eigenvalue weighted by Crippen LogP contribution is 2.38. The Morgan fingerprint density at radius 3 is 2.48 bits per heavy atom. The summed E-state index contributed by atoms with van der Waals surface area (Å²) in [6.45, 7) is 9.59. The molecule has 0 radical (unpaired) electrons. The van der Waals surface area contributed by atoms with Crippen molar-refractivity contribution in [3.63, 3.8) is 0 Å². The fourth-order valence-electron chi connectivity index (χ4n) is 3.34. The maximum atomic E-state index is 12.8. The van der Waals surface area contributed by atoms with Gasteiger partial charge in [-0.1, -0.05) is 45.9 Å². The lowest BCUT2D eigenvalue weighted by atomic mass is 9.87. The molecule has 25 heavy (non-hydrogen) atoms.